The van der Waals surface area contributed by atoms with E-state index in [4.69, 9.17) is 28.7 Å². The summed E-state index contributed by atoms with van der Waals surface area (Å²) in [5, 5.41) is 0. The summed E-state index contributed by atoms with van der Waals surface area (Å²) in [5.41, 5.74) is 0. The van der Waals surface area contributed by atoms with Crippen molar-refractivity contribution in [3.8, 4) is 0 Å². The van der Waals surface area contributed by atoms with Gasteiger partial charge in [-0.2, -0.15) is 9.79 Å². The summed E-state index contributed by atoms with van der Waals surface area (Å²) < 4.78 is 17.2. The average molecular weight is 174 g/mol. The second kappa shape index (κ2) is 16.7. The van der Waals surface area contributed by atoms with Gasteiger partial charge in [0, 0.05) is 0 Å². The van der Waals surface area contributed by atoms with Crippen molar-refractivity contribution in [3.05, 3.63) is 0 Å². The molecule has 0 amide bonds. The van der Waals surface area contributed by atoms with Crippen LogP contribution in [0.5, 0.6) is 0 Å². The third kappa shape index (κ3) is 411. The summed E-state index contributed by atoms with van der Waals surface area (Å²) in [4.78, 5) is 31.2. The van der Waals surface area contributed by atoms with Crippen LogP contribution in [0.2, 0.25) is 0 Å². The zero-order valence-electron chi connectivity index (χ0n) is 5.42. The van der Waals surface area contributed by atoms with Crippen molar-refractivity contribution >= 4 is 16.5 Å². The Hall–Kier alpha value is 1.23. The Balaban J connectivity index is -0.0000000300. The van der Waals surface area contributed by atoms with Crippen molar-refractivity contribution in [3.63, 3.8) is 0 Å². The fraction of sp³-hybridized carbons (Fsp3) is 0. The first-order chi connectivity index (χ1) is 3.46. The Bertz CT molecular complexity index is 71.7. The molecule has 0 aliphatic rings. The summed E-state index contributed by atoms with van der Waals surface area (Å²) in [5.74, 6) is 0. The molecule has 0 aromatic rings. The molecule has 0 rings (SSSR count). The molecule has 0 heterocycles. The monoisotopic (exact) mass is 174 g/mol. The maximum absolute atomic E-state index is 8.59. The Labute approximate surface area is 82.9 Å². The van der Waals surface area contributed by atoms with Gasteiger partial charge in [0.15, 0.2) is 0 Å². The molecule has 0 fully saturated rings. The van der Waals surface area contributed by atoms with E-state index in [2.05, 4.69) is 0 Å². The molecule has 0 aromatic carbocycles. The van der Waals surface area contributed by atoms with Crippen LogP contribution in [0.1, 0.15) is 0 Å². The minimum atomic E-state index is -3.12. The molecule has 10 heteroatoms. The van der Waals surface area contributed by atoms with Gasteiger partial charge in [-0.1, -0.05) is 0 Å². The minimum absolute atomic E-state index is 0. The first-order valence-electron chi connectivity index (χ1n) is 1.13. The molecule has 2 atom stereocenters. The van der Waals surface area contributed by atoms with Gasteiger partial charge in [-0.25, -0.2) is 0 Å². The molecular formula is H2Li2O6P2+2. The Morgan fingerprint density at radius 3 is 0.900 bits per heavy atom. The van der Waals surface area contributed by atoms with Gasteiger partial charge in [0.25, 0.3) is 0 Å². The summed E-state index contributed by atoms with van der Waals surface area (Å²) >= 11 is 0. The quantitative estimate of drug-likeness (QED) is 0.277. The van der Waals surface area contributed by atoms with Crippen molar-refractivity contribution in [2.45, 2.75) is 0 Å². The average Bonchev–Trinajstić information content (AvgIpc) is 1.25. The van der Waals surface area contributed by atoms with Gasteiger partial charge in [0.2, 0.25) is 0 Å². The van der Waals surface area contributed by atoms with E-state index in [9.17, 15) is 0 Å². The van der Waals surface area contributed by atoms with Crippen LogP contribution in [0.3, 0.4) is 0 Å². The molecule has 2 N–H and O–H groups in total. The van der Waals surface area contributed by atoms with Gasteiger partial charge >= 0.3 is 54.2 Å². The van der Waals surface area contributed by atoms with E-state index in [1.54, 1.807) is 0 Å². The van der Waals surface area contributed by atoms with Crippen LogP contribution >= 0.6 is 16.5 Å². The van der Waals surface area contributed by atoms with Crippen molar-refractivity contribution in [1.29, 1.82) is 0 Å². The molecule has 6 nitrogen and oxygen atoms in total. The van der Waals surface area contributed by atoms with E-state index < -0.39 is 16.5 Å². The standard InChI is InChI=1S/2Li.2HO3P/c;;2*1-4(2)3/h;;2*(H,1,2,3)/q2*+1;;. The molecule has 0 spiro atoms. The van der Waals surface area contributed by atoms with Gasteiger partial charge < -0.3 is 9.79 Å². The van der Waals surface area contributed by atoms with Gasteiger partial charge in [-0.05, 0) is 9.13 Å². The largest absolute Gasteiger partial charge is 1.00 e. The first-order valence-corrected chi connectivity index (χ1v) is 3.39. The summed E-state index contributed by atoms with van der Waals surface area (Å²) in [7, 11) is -6.24. The maximum Gasteiger partial charge on any atom is 1.00 e. The zero-order chi connectivity index (χ0) is 7.15. The van der Waals surface area contributed by atoms with Crippen LogP contribution in [-0.4, -0.2) is 9.79 Å². The van der Waals surface area contributed by atoms with Gasteiger partial charge in [-0.15, -0.1) is 0 Å². The smallest absolute Gasteiger partial charge is 0.567 e. The molecule has 48 valence electrons. The SMILES string of the molecule is O=[P+]([O-])O.O=[P+]([O-])O.[Li+].[Li+]. The second-order valence-electron chi connectivity index (χ2n) is 0.476. The predicted octanol–water partition coefficient (Wildman–Crippen LogP) is -8.00. The van der Waals surface area contributed by atoms with Crippen molar-refractivity contribution in [1.82, 2.24) is 0 Å². The minimum Gasteiger partial charge on any atom is -0.567 e. The summed E-state index contributed by atoms with van der Waals surface area (Å²) in [6, 6.07) is 0. The third-order valence-electron chi connectivity index (χ3n) is 0. The molecule has 0 aliphatic heterocycles. The van der Waals surface area contributed by atoms with Crippen molar-refractivity contribution in [2.24, 2.45) is 0 Å². The van der Waals surface area contributed by atoms with E-state index in [1.807, 2.05) is 0 Å². The number of hydrogen-bond acceptors (Lipinski definition) is 4. The maximum atomic E-state index is 8.59. The summed E-state index contributed by atoms with van der Waals surface area (Å²) in [6.07, 6.45) is 0. The Morgan fingerprint density at radius 2 is 0.900 bits per heavy atom. The van der Waals surface area contributed by atoms with Crippen LogP contribution in [0.25, 0.3) is 0 Å². The van der Waals surface area contributed by atoms with Crippen LogP contribution in [0.15, 0.2) is 0 Å². The first kappa shape index (κ1) is 22.5. The molecule has 2 unspecified atom stereocenters. The van der Waals surface area contributed by atoms with Gasteiger partial charge in [-0.3, -0.25) is 0 Å². The summed E-state index contributed by atoms with van der Waals surface area (Å²) in [6.45, 7) is 0. The van der Waals surface area contributed by atoms with Gasteiger partial charge in [0.05, 0.1) is 0 Å². The van der Waals surface area contributed by atoms with Crippen LogP contribution < -0.4 is 47.5 Å². The molecule has 0 aromatic heterocycles. The molecule has 0 saturated heterocycles. The molecule has 0 aliphatic carbocycles. The van der Waals surface area contributed by atoms with Crippen molar-refractivity contribution in [2.75, 3.05) is 0 Å². The molecule has 0 radical (unpaired) electrons. The van der Waals surface area contributed by atoms with Crippen LogP contribution in [0, 0.1) is 0 Å². The normalized spacial score (nSPS) is 8.80. The van der Waals surface area contributed by atoms with E-state index >= 15 is 0 Å². The Morgan fingerprint density at radius 1 is 0.900 bits per heavy atom. The number of rotatable bonds is 0. The van der Waals surface area contributed by atoms with E-state index in [1.165, 1.54) is 0 Å². The van der Waals surface area contributed by atoms with E-state index in [-0.39, 0.29) is 37.7 Å². The van der Waals surface area contributed by atoms with Gasteiger partial charge in [0.1, 0.15) is 0 Å². The van der Waals surface area contributed by atoms with E-state index in [0.29, 0.717) is 0 Å². The van der Waals surface area contributed by atoms with Crippen LogP contribution in [-0.2, 0) is 9.13 Å². The van der Waals surface area contributed by atoms with E-state index in [0.717, 1.165) is 0 Å². The van der Waals surface area contributed by atoms with Crippen LogP contribution in [0.4, 0.5) is 0 Å². The third-order valence-corrected chi connectivity index (χ3v) is 0. The molecule has 10 heavy (non-hydrogen) atoms. The topological polar surface area (TPSA) is 121 Å². The molecule has 0 saturated carbocycles. The fourth-order valence-corrected chi connectivity index (χ4v) is 0. The second-order valence-corrected chi connectivity index (χ2v) is 1.43. The fourth-order valence-electron chi connectivity index (χ4n) is 0. The molecular weight excluding hydrogens is 172 g/mol. The zero-order valence-corrected chi connectivity index (χ0v) is 7.21. The Kier molecular flexibility index (Phi) is 37.5. The van der Waals surface area contributed by atoms with Crippen molar-refractivity contribution < 1.29 is 66.4 Å². The molecule has 0 bridgehead atoms. The number of hydrogen-bond donors (Lipinski definition) is 2. The predicted molar refractivity (Wildman–Crippen MR) is 19.7 cm³/mol.